The second kappa shape index (κ2) is 4.79. The number of hydrogen-bond acceptors (Lipinski definition) is 2. The lowest BCUT2D eigenvalue weighted by Crippen LogP contribution is -2.35. The number of rotatable bonds is 2. The first-order valence-electron chi connectivity index (χ1n) is 7.14. The van der Waals surface area contributed by atoms with E-state index in [1.54, 1.807) is 6.07 Å². The van der Waals surface area contributed by atoms with Crippen LogP contribution in [-0.4, -0.2) is 13.1 Å². The van der Waals surface area contributed by atoms with Crippen LogP contribution in [0.2, 0.25) is 0 Å². The van der Waals surface area contributed by atoms with Crippen LogP contribution in [0, 0.1) is 0 Å². The van der Waals surface area contributed by atoms with E-state index in [9.17, 15) is 13.6 Å². The molecule has 21 heavy (non-hydrogen) atoms. The maximum Gasteiger partial charge on any atom is 0.381 e. The van der Waals surface area contributed by atoms with Crippen LogP contribution in [0.3, 0.4) is 0 Å². The van der Waals surface area contributed by atoms with Gasteiger partial charge in [-0.3, -0.25) is 0 Å². The van der Waals surface area contributed by atoms with Crippen LogP contribution in [0.4, 0.5) is 8.78 Å². The molecule has 0 radical (unpaired) electrons. The van der Waals surface area contributed by atoms with Crippen LogP contribution >= 0.6 is 0 Å². The Balaban J connectivity index is 2.59. The number of carbonyl (C=O) groups excluding carboxylic acids is 1. The van der Waals surface area contributed by atoms with E-state index in [1.165, 1.54) is 12.1 Å². The summed E-state index contributed by atoms with van der Waals surface area (Å²) in [5.41, 5.74) is 1.48. The standard InChI is InChI=1S/C17H22F2O2/c1-15(2)8-9-16(3,4)13-10-11(6-7-12(13)15)17(18,19)14(20)21-5/h6-7,10H,8-9H2,1-5H3. The van der Waals surface area contributed by atoms with Gasteiger partial charge in [0, 0.05) is 5.56 Å². The van der Waals surface area contributed by atoms with Gasteiger partial charge in [0.1, 0.15) is 0 Å². The van der Waals surface area contributed by atoms with Crippen molar-refractivity contribution in [2.45, 2.75) is 57.3 Å². The summed E-state index contributed by atoms with van der Waals surface area (Å²) in [6.45, 7) is 8.36. The van der Waals surface area contributed by atoms with Crippen molar-refractivity contribution in [3.05, 3.63) is 34.9 Å². The zero-order chi connectivity index (χ0) is 16.1. The number of methoxy groups -OCH3 is 1. The average molecular weight is 296 g/mol. The molecule has 0 unspecified atom stereocenters. The van der Waals surface area contributed by atoms with Crippen molar-refractivity contribution in [2.75, 3.05) is 7.11 Å². The summed E-state index contributed by atoms with van der Waals surface area (Å²) in [7, 11) is 0.974. The summed E-state index contributed by atoms with van der Waals surface area (Å²) in [6, 6.07) is 4.56. The fourth-order valence-electron chi connectivity index (χ4n) is 3.03. The molecule has 0 spiro atoms. The van der Waals surface area contributed by atoms with E-state index in [0.29, 0.717) is 0 Å². The number of alkyl halides is 2. The van der Waals surface area contributed by atoms with E-state index in [-0.39, 0.29) is 16.4 Å². The molecular formula is C17H22F2O2. The normalized spacial score (nSPS) is 19.8. The molecule has 0 atom stereocenters. The largest absolute Gasteiger partial charge is 0.464 e. The van der Waals surface area contributed by atoms with Crippen molar-refractivity contribution in [3.8, 4) is 0 Å². The van der Waals surface area contributed by atoms with Crippen LogP contribution in [0.25, 0.3) is 0 Å². The summed E-state index contributed by atoms with van der Waals surface area (Å²) in [5.74, 6) is -5.13. The van der Waals surface area contributed by atoms with Crippen LogP contribution in [0.1, 0.15) is 57.2 Å². The SMILES string of the molecule is COC(=O)C(F)(F)c1ccc2c(c1)C(C)(C)CCC2(C)C. The molecule has 116 valence electrons. The number of esters is 1. The number of benzene rings is 1. The highest BCUT2D eigenvalue weighted by molar-refractivity contribution is 5.79. The molecule has 0 aliphatic heterocycles. The average Bonchev–Trinajstić information content (AvgIpc) is 2.42. The molecule has 1 aromatic carbocycles. The highest BCUT2D eigenvalue weighted by Gasteiger charge is 2.44. The lowest BCUT2D eigenvalue weighted by molar-refractivity contribution is -0.170. The van der Waals surface area contributed by atoms with Crippen molar-refractivity contribution in [1.29, 1.82) is 0 Å². The Morgan fingerprint density at radius 2 is 1.62 bits per heavy atom. The fourth-order valence-corrected chi connectivity index (χ4v) is 3.03. The Bertz CT molecular complexity index is 574. The first kappa shape index (κ1) is 15.9. The van der Waals surface area contributed by atoms with Gasteiger partial charge in [0.25, 0.3) is 0 Å². The molecule has 0 heterocycles. The second-order valence-corrected chi connectivity index (χ2v) is 7.09. The predicted molar refractivity (Wildman–Crippen MR) is 77.6 cm³/mol. The predicted octanol–water partition coefficient (Wildman–Crippen LogP) is 4.30. The Labute approximate surface area is 124 Å². The molecule has 0 saturated carbocycles. The van der Waals surface area contributed by atoms with E-state index in [1.807, 2.05) is 0 Å². The number of hydrogen-bond donors (Lipinski definition) is 0. The quantitative estimate of drug-likeness (QED) is 0.761. The molecule has 0 amide bonds. The number of ether oxygens (including phenoxy) is 1. The molecule has 1 aromatic rings. The Morgan fingerprint density at radius 3 is 2.14 bits per heavy atom. The monoisotopic (exact) mass is 296 g/mol. The van der Waals surface area contributed by atoms with Gasteiger partial charge >= 0.3 is 11.9 Å². The summed E-state index contributed by atoms with van der Waals surface area (Å²) in [5, 5.41) is 0. The highest BCUT2D eigenvalue weighted by Crippen LogP contribution is 2.47. The molecule has 0 aromatic heterocycles. The molecule has 1 aliphatic carbocycles. The van der Waals surface area contributed by atoms with Crippen LogP contribution in [0.5, 0.6) is 0 Å². The van der Waals surface area contributed by atoms with E-state index in [0.717, 1.165) is 31.1 Å². The summed E-state index contributed by atoms with van der Waals surface area (Å²) >= 11 is 0. The molecule has 4 heteroatoms. The summed E-state index contributed by atoms with van der Waals surface area (Å²) < 4.78 is 32.4. The van der Waals surface area contributed by atoms with Gasteiger partial charge in [0.05, 0.1) is 7.11 Å². The number of fused-ring (bicyclic) bond motifs is 1. The minimum absolute atomic E-state index is 0.0378. The number of carbonyl (C=O) groups is 1. The van der Waals surface area contributed by atoms with Crippen molar-refractivity contribution in [2.24, 2.45) is 0 Å². The molecule has 0 fully saturated rings. The molecule has 2 nitrogen and oxygen atoms in total. The summed E-state index contributed by atoms with van der Waals surface area (Å²) in [6.07, 6.45) is 1.94. The Morgan fingerprint density at radius 1 is 1.10 bits per heavy atom. The molecule has 2 rings (SSSR count). The van der Waals surface area contributed by atoms with Gasteiger partial charge in [0.2, 0.25) is 0 Å². The topological polar surface area (TPSA) is 26.3 Å². The lowest BCUT2D eigenvalue weighted by Gasteiger charge is -2.42. The van der Waals surface area contributed by atoms with E-state index in [4.69, 9.17) is 0 Å². The van der Waals surface area contributed by atoms with Gasteiger partial charge in [-0.05, 0) is 40.9 Å². The van der Waals surface area contributed by atoms with Crippen molar-refractivity contribution in [3.63, 3.8) is 0 Å². The first-order chi connectivity index (χ1) is 9.52. The molecule has 0 saturated heterocycles. The maximum absolute atomic E-state index is 14.1. The van der Waals surface area contributed by atoms with Crippen molar-refractivity contribution >= 4 is 5.97 Å². The minimum atomic E-state index is -3.61. The van der Waals surface area contributed by atoms with Crippen LogP contribution in [-0.2, 0) is 26.3 Å². The van der Waals surface area contributed by atoms with Crippen molar-refractivity contribution in [1.82, 2.24) is 0 Å². The van der Waals surface area contributed by atoms with Gasteiger partial charge in [-0.25, -0.2) is 4.79 Å². The number of halogens is 2. The van der Waals surface area contributed by atoms with Gasteiger partial charge in [-0.1, -0.05) is 39.8 Å². The van der Waals surface area contributed by atoms with E-state index < -0.39 is 11.9 Å². The third kappa shape index (κ3) is 2.56. The molecule has 1 aliphatic rings. The lowest BCUT2D eigenvalue weighted by atomic mass is 9.63. The van der Waals surface area contributed by atoms with Gasteiger partial charge in [-0.2, -0.15) is 8.78 Å². The first-order valence-corrected chi connectivity index (χ1v) is 7.14. The fraction of sp³-hybridized carbons (Fsp3) is 0.588. The van der Waals surface area contributed by atoms with Crippen molar-refractivity contribution < 1.29 is 18.3 Å². The zero-order valence-corrected chi connectivity index (χ0v) is 13.2. The maximum atomic E-state index is 14.1. The third-order valence-electron chi connectivity index (χ3n) is 4.66. The van der Waals surface area contributed by atoms with Gasteiger partial charge in [0.15, 0.2) is 0 Å². The highest BCUT2D eigenvalue weighted by atomic mass is 19.3. The minimum Gasteiger partial charge on any atom is -0.464 e. The van der Waals surface area contributed by atoms with Crippen LogP contribution < -0.4 is 0 Å². The van der Waals surface area contributed by atoms with Gasteiger partial charge in [-0.15, -0.1) is 0 Å². The van der Waals surface area contributed by atoms with Crippen LogP contribution in [0.15, 0.2) is 18.2 Å². The molecular weight excluding hydrogens is 274 g/mol. The smallest absolute Gasteiger partial charge is 0.381 e. The van der Waals surface area contributed by atoms with Gasteiger partial charge < -0.3 is 4.74 Å². The second-order valence-electron chi connectivity index (χ2n) is 7.09. The molecule has 0 bridgehead atoms. The summed E-state index contributed by atoms with van der Waals surface area (Å²) in [4.78, 5) is 11.3. The Hall–Kier alpha value is -1.45. The molecule has 0 N–H and O–H groups in total. The third-order valence-corrected chi connectivity index (χ3v) is 4.66. The Kier molecular flexibility index (Phi) is 3.63. The zero-order valence-electron chi connectivity index (χ0n) is 13.2. The van der Waals surface area contributed by atoms with E-state index in [2.05, 4.69) is 32.4 Å². The van der Waals surface area contributed by atoms with E-state index >= 15 is 0 Å².